The number of fused-ring (bicyclic) bond motifs is 1. The molecule has 8 nitrogen and oxygen atoms in total. The van der Waals surface area contributed by atoms with Crippen LogP contribution in [0.4, 0.5) is 10.5 Å². The van der Waals surface area contributed by atoms with E-state index in [0.717, 1.165) is 45.2 Å². The Morgan fingerprint density at radius 3 is 2.60 bits per heavy atom. The number of nitrogens with zero attached hydrogens (tertiary/aromatic N) is 2. The predicted molar refractivity (Wildman–Crippen MR) is 139 cm³/mol. The van der Waals surface area contributed by atoms with Gasteiger partial charge in [0, 0.05) is 45.0 Å². The summed E-state index contributed by atoms with van der Waals surface area (Å²) < 4.78 is 12.0. The van der Waals surface area contributed by atoms with Gasteiger partial charge in [0.2, 0.25) is 0 Å². The van der Waals surface area contributed by atoms with Gasteiger partial charge in [0.05, 0.1) is 11.7 Å². The van der Waals surface area contributed by atoms with E-state index >= 15 is 0 Å². The zero-order valence-corrected chi connectivity index (χ0v) is 22.1. The molecule has 0 unspecified atom stereocenters. The van der Waals surface area contributed by atoms with Crippen LogP contribution in [0, 0.1) is 5.92 Å². The van der Waals surface area contributed by atoms with E-state index in [1.54, 1.807) is 37.3 Å². The van der Waals surface area contributed by atoms with Gasteiger partial charge in [-0.1, -0.05) is 33.1 Å². The lowest BCUT2D eigenvalue weighted by molar-refractivity contribution is 0.0108. The molecule has 0 bridgehead atoms. The van der Waals surface area contributed by atoms with Gasteiger partial charge in [-0.25, -0.2) is 4.79 Å². The van der Waals surface area contributed by atoms with Crippen LogP contribution in [-0.4, -0.2) is 80.3 Å². The van der Waals surface area contributed by atoms with E-state index in [1.807, 2.05) is 0 Å². The van der Waals surface area contributed by atoms with Crippen LogP contribution >= 0.6 is 0 Å². The van der Waals surface area contributed by atoms with E-state index in [1.165, 1.54) is 6.42 Å². The molecular weight excluding hydrogens is 444 g/mol. The van der Waals surface area contributed by atoms with Crippen molar-refractivity contribution in [2.45, 2.75) is 77.5 Å². The number of hydrogen-bond acceptors (Lipinski definition) is 5. The average molecular weight is 489 g/mol. The van der Waals surface area contributed by atoms with Crippen LogP contribution in [-0.2, 0) is 4.74 Å². The number of carbonyl (C=O) groups excluding carboxylic acids is 2. The van der Waals surface area contributed by atoms with Gasteiger partial charge in [-0.15, -0.1) is 0 Å². The highest BCUT2D eigenvalue weighted by Crippen LogP contribution is 2.27. The fourth-order valence-corrected chi connectivity index (χ4v) is 5.13. The molecule has 3 rings (SSSR count). The third-order valence-corrected chi connectivity index (χ3v) is 7.28. The highest BCUT2D eigenvalue weighted by Gasteiger charge is 2.28. The Balaban J connectivity index is 1.82. The largest absolute Gasteiger partial charge is 0.491 e. The molecule has 1 heterocycles. The summed E-state index contributed by atoms with van der Waals surface area (Å²) >= 11 is 0. The zero-order chi connectivity index (χ0) is 25.4. The first kappa shape index (κ1) is 27.3. The summed E-state index contributed by atoms with van der Waals surface area (Å²) in [6.07, 6.45) is 6.54. The Hall–Kier alpha value is -2.32. The van der Waals surface area contributed by atoms with Crippen LogP contribution in [0.5, 0.6) is 5.75 Å². The van der Waals surface area contributed by atoms with Crippen LogP contribution in [0.15, 0.2) is 18.2 Å². The second-order valence-electron chi connectivity index (χ2n) is 10.2. The maximum absolute atomic E-state index is 13.5. The van der Waals surface area contributed by atoms with Crippen molar-refractivity contribution in [1.82, 2.24) is 15.1 Å². The number of anilines is 1. The first-order valence-corrected chi connectivity index (χ1v) is 13.2. The lowest BCUT2D eigenvalue weighted by Crippen LogP contribution is -2.46. The molecule has 1 aliphatic heterocycles. The fourth-order valence-electron chi connectivity index (χ4n) is 5.13. The van der Waals surface area contributed by atoms with Crippen LogP contribution in [0.3, 0.4) is 0 Å². The van der Waals surface area contributed by atoms with Crippen molar-refractivity contribution in [3.05, 3.63) is 23.8 Å². The Bertz CT molecular complexity index is 842. The topological polar surface area (TPSA) is 83.1 Å². The number of carbonyl (C=O) groups is 2. The summed E-state index contributed by atoms with van der Waals surface area (Å²) in [5.74, 6) is 0.634. The van der Waals surface area contributed by atoms with E-state index in [9.17, 15) is 9.59 Å². The molecule has 0 saturated heterocycles. The van der Waals surface area contributed by atoms with Crippen LogP contribution in [0.25, 0.3) is 0 Å². The summed E-state index contributed by atoms with van der Waals surface area (Å²) in [6, 6.07) is 5.48. The molecule has 1 saturated carbocycles. The van der Waals surface area contributed by atoms with Gasteiger partial charge in [0.15, 0.2) is 0 Å². The number of methoxy groups -OCH3 is 1. The second kappa shape index (κ2) is 13.1. The van der Waals surface area contributed by atoms with E-state index in [0.29, 0.717) is 30.2 Å². The average Bonchev–Trinajstić information content (AvgIpc) is 2.85. The summed E-state index contributed by atoms with van der Waals surface area (Å²) in [7, 11) is 3.50. The SMILES string of the molecule is CCCN1C[C@H](C)[C@H](OC)CN(C)C(=O)c2cc(NC(=O)NC3CCCCC3)ccc2OC[C@@H]1C. The third kappa shape index (κ3) is 7.58. The maximum atomic E-state index is 13.5. The molecule has 8 heteroatoms. The molecule has 3 atom stereocenters. The van der Waals surface area contributed by atoms with Gasteiger partial charge in [0.25, 0.3) is 5.91 Å². The number of rotatable bonds is 5. The Morgan fingerprint density at radius 1 is 1.17 bits per heavy atom. The highest BCUT2D eigenvalue weighted by molar-refractivity contribution is 5.99. The van der Waals surface area contributed by atoms with E-state index in [2.05, 4.69) is 36.3 Å². The van der Waals surface area contributed by atoms with Gasteiger partial charge in [0.1, 0.15) is 12.4 Å². The third-order valence-electron chi connectivity index (χ3n) is 7.28. The van der Waals surface area contributed by atoms with E-state index in [4.69, 9.17) is 9.47 Å². The van der Waals surface area contributed by atoms with Gasteiger partial charge < -0.3 is 25.0 Å². The zero-order valence-electron chi connectivity index (χ0n) is 22.1. The maximum Gasteiger partial charge on any atom is 0.319 e. The Morgan fingerprint density at radius 2 is 1.91 bits per heavy atom. The molecule has 0 spiro atoms. The number of likely N-dealkylation sites (N-methyl/N-ethyl adjacent to an activating group) is 1. The van der Waals surface area contributed by atoms with E-state index in [-0.39, 0.29) is 36.0 Å². The first-order valence-electron chi connectivity index (χ1n) is 13.2. The quantitative estimate of drug-likeness (QED) is 0.644. The molecule has 2 aliphatic rings. The standard InChI is InChI=1S/C27H44N4O4/c1-6-14-31-16-19(2)25(34-5)17-30(4)26(32)23-15-22(12-13-24(23)35-18-20(31)3)29-27(33)28-21-10-8-7-9-11-21/h12-13,15,19-21,25H,6-11,14,16-18H2,1-5H3,(H2,28,29,33)/t19-,20-,25+/m0/s1. The van der Waals surface area contributed by atoms with Crippen molar-refractivity contribution in [2.24, 2.45) is 5.92 Å². The molecule has 2 N–H and O–H groups in total. The van der Waals surface area contributed by atoms with Gasteiger partial charge in [-0.2, -0.15) is 0 Å². The van der Waals surface area contributed by atoms with Crippen molar-refractivity contribution in [2.75, 3.05) is 45.7 Å². The number of amides is 3. The lowest BCUT2D eigenvalue weighted by atomic mass is 9.96. The normalized spacial score (nSPS) is 25.1. The number of nitrogens with one attached hydrogen (secondary N) is 2. The minimum absolute atomic E-state index is 0.0816. The molecule has 1 fully saturated rings. The predicted octanol–water partition coefficient (Wildman–Crippen LogP) is 4.36. The van der Waals surface area contributed by atoms with Crippen LogP contribution in [0.2, 0.25) is 0 Å². The molecule has 0 radical (unpaired) electrons. The van der Waals surface area contributed by atoms with E-state index < -0.39 is 0 Å². The molecule has 1 aliphatic carbocycles. The molecule has 1 aromatic carbocycles. The van der Waals surface area contributed by atoms with Gasteiger partial charge >= 0.3 is 6.03 Å². The smallest absolute Gasteiger partial charge is 0.319 e. The first-order chi connectivity index (χ1) is 16.8. The minimum atomic E-state index is -0.233. The monoisotopic (exact) mass is 488 g/mol. The number of hydrogen-bond donors (Lipinski definition) is 2. The van der Waals surface area contributed by atoms with Crippen LogP contribution < -0.4 is 15.4 Å². The number of urea groups is 1. The molecular formula is C27H44N4O4. The number of benzene rings is 1. The summed E-state index contributed by atoms with van der Waals surface area (Å²) in [5, 5.41) is 5.98. The molecule has 3 amide bonds. The second-order valence-corrected chi connectivity index (χ2v) is 10.2. The fraction of sp³-hybridized carbons (Fsp3) is 0.704. The van der Waals surface area contributed by atoms with Crippen molar-refractivity contribution in [3.63, 3.8) is 0 Å². The number of ether oxygens (including phenoxy) is 2. The minimum Gasteiger partial charge on any atom is -0.491 e. The summed E-state index contributed by atoms with van der Waals surface area (Å²) in [6.45, 7) is 9.33. The van der Waals surface area contributed by atoms with Crippen molar-refractivity contribution >= 4 is 17.6 Å². The highest BCUT2D eigenvalue weighted by atomic mass is 16.5. The Kier molecular flexibility index (Phi) is 10.2. The Labute approximate surface area is 210 Å². The molecule has 35 heavy (non-hydrogen) atoms. The van der Waals surface area contributed by atoms with Crippen molar-refractivity contribution < 1.29 is 19.1 Å². The van der Waals surface area contributed by atoms with Gasteiger partial charge in [-0.3, -0.25) is 9.69 Å². The molecule has 0 aromatic heterocycles. The van der Waals surface area contributed by atoms with Crippen molar-refractivity contribution in [3.8, 4) is 5.75 Å². The summed E-state index contributed by atoms with van der Waals surface area (Å²) in [5.41, 5.74) is 1.02. The summed E-state index contributed by atoms with van der Waals surface area (Å²) in [4.78, 5) is 30.2. The lowest BCUT2D eigenvalue weighted by Gasteiger charge is -2.35. The molecule has 196 valence electrons. The van der Waals surface area contributed by atoms with Crippen LogP contribution in [0.1, 0.15) is 69.7 Å². The van der Waals surface area contributed by atoms with Gasteiger partial charge in [-0.05, 0) is 56.8 Å². The molecule has 1 aromatic rings. The van der Waals surface area contributed by atoms with Crippen molar-refractivity contribution in [1.29, 1.82) is 0 Å².